The van der Waals surface area contributed by atoms with Crippen LogP contribution in [0.3, 0.4) is 0 Å². The maximum absolute atomic E-state index is 13.8. The Hall–Kier alpha value is -4.44. The maximum atomic E-state index is 13.8. The van der Waals surface area contributed by atoms with Crippen LogP contribution in [0.25, 0.3) is 22.2 Å². The molecule has 0 aliphatic rings. The summed E-state index contributed by atoms with van der Waals surface area (Å²) in [6, 6.07) is 32.4. The van der Waals surface area contributed by atoms with Gasteiger partial charge in [0.2, 0.25) is 0 Å². The minimum absolute atomic E-state index is 0.147. The van der Waals surface area contributed by atoms with E-state index >= 15 is 0 Å². The lowest BCUT2D eigenvalue weighted by Gasteiger charge is -2.13. The second kappa shape index (κ2) is 8.83. The van der Waals surface area contributed by atoms with E-state index in [1.165, 1.54) is 0 Å². The van der Waals surface area contributed by atoms with Crippen LogP contribution in [0.15, 0.2) is 103 Å². The van der Waals surface area contributed by atoms with Gasteiger partial charge >= 0.3 is 0 Å². The van der Waals surface area contributed by atoms with Crippen LogP contribution in [-0.2, 0) is 0 Å². The molecule has 0 radical (unpaired) electrons. The van der Waals surface area contributed by atoms with Gasteiger partial charge in [0.1, 0.15) is 0 Å². The van der Waals surface area contributed by atoms with E-state index in [0.29, 0.717) is 22.5 Å². The number of rotatable bonds is 4. The van der Waals surface area contributed by atoms with Crippen molar-refractivity contribution in [2.24, 2.45) is 0 Å². The Kier molecular flexibility index (Phi) is 5.56. The zero-order chi connectivity index (χ0) is 23.7. The maximum Gasteiger partial charge on any atom is 0.262 e. The number of hydrogen-bond acceptors (Lipinski definition) is 2. The first-order chi connectivity index (χ1) is 16.5. The highest BCUT2D eigenvalue weighted by Crippen LogP contribution is 2.39. The molecular formula is C30H24N2O2. The van der Waals surface area contributed by atoms with Crippen LogP contribution < -0.4 is 5.32 Å². The fourth-order valence-electron chi connectivity index (χ4n) is 4.16. The third-order valence-corrected chi connectivity index (χ3v) is 5.98. The van der Waals surface area contributed by atoms with Crippen molar-refractivity contribution in [2.45, 2.75) is 13.8 Å². The van der Waals surface area contributed by atoms with Gasteiger partial charge in [0.05, 0.1) is 16.9 Å². The molecule has 1 aromatic heterocycles. The Morgan fingerprint density at radius 2 is 1.21 bits per heavy atom. The molecule has 0 bridgehead atoms. The number of aromatic nitrogens is 1. The van der Waals surface area contributed by atoms with Crippen molar-refractivity contribution < 1.29 is 9.59 Å². The van der Waals surface area contributed by atoms with Gasteiger partial charge in [0.15, 0.2) is 0 Å². The van der Waals surface area contributed by atoms with Crippen molar-refractivity contribution in [3.8, 4) is 11.3 Å². The molecular weight excluding hydrogens is 420 g/mol. The Morgan fingerprint density at radius 1 is 0.647 bits per heavy atom. The molecule has 34 heavy (non-hydrogen) atoms. The summed E-state index contributed by atoms with van der Waals surface area (Å²) in [5, 5.41) is 3.92. The highest BCUT2D eigenvalue weighted by atomic mass is 16.2. The van der Waals surface area contributed by atoms with Gasteiger partial charge in [-0.15, -0.1) is 0 Å². The first-order valence-electron chi connectivity index (χ1n) is 11.2. The monoisotopic (exact) mass is 444 g/mol. The van der Waals surface area contributed by atoms with Gasteiger partial charge in [-0.25, -0.2) is 0 Å². The Morgan fingerprint density at radius 3 is 1.85 bits per heavy atom. The summed E-state index contributed by atoms with van der Waals surface area (Å²) in [5.41, 5.74) is 6.18. The van der Waals surface area contributed by atoms with Crippen LogP contribution in [0.5, 0.6) is 0 Å². The molecule has 5 aromatic rings. The first kappa shape index (κ1) is 21.4. The lowest BCUT2D eigenvalue weighted by Crippen LogP contribution is -2.15. The van der Waals surface area contributed by atoms with Crippen molar-refractivity contribution in [3.05, 3.63) is 125 Å². The van der Waals surface area contributed by atoms with Gasteiger partial charge in [-0.2, -0.15) is 0 Å². The molecule has 166 valence electrons. The second-order valence-corrected chi connectivity index (χ2v) is 8.43. The van der Waals surface area contributed by atoms with E-state index in [4.69, 9.17) is 0 Å². The van der Waals surface area contributed by atoms with E-state index in [1.807, 2.05) is 117 Å². The first-order valence-corrected chi connectivity index (χ1v) is 11.2. The van der Waals surface area contributed by atoms with Gasteiger partial charge in [-0.3, -0.25) is 14.2 Å². The molecule has 5 rings (SSSR count). The highest BCUT2D eigenvalue weighted by Gasteiger charge is 2.25. The fourth-order valence-corrected chi connectivity index (χ4v) is 4.16. The molecule has 0 saturated carbocycles. The van der Waals surface area contributed by atoms with Gasteiger partial charge < -0.3 is 5.32 Å². The van der Waals surface area contributed by atoms with E-state index in [2.05, 4.69) is 5.32 Å². The van der Waals surface area contributed by atoms with Crippen LogP contribution in [0, 0.1) is 13.8 Å². The van der Waals surface area contributed by atoms with Gasteiger partial charge in [0.25, 0.3) is 11.8 Å². The van der Waals surface area contributed by atoms with Crippen LogP contribution in [-0.4, -0.2) is 16.4 Å². The van der Waals surface area contributed by atoms with E-state index < -0.39 is 0 Å². The molecule has 0 unspecified atom stereocenters. The average Bonchev–Trinajstić information content (AvgIpc) is 3.19. The number of para-hydroxylation sites is 1. The smallest absolute Gasteiger partial charge is 0.262 e. The number of nitrogens with one attached hydrogen (secondary N) is 1. The van der Waals surface area contributed by atoms with Crippen molar-refractivity contribution >= 4 is 28.4 Å². The highest BCUT2D eigenvalue weighted by molar-refractivity contribution is 6.17. The molecule has 0 fully saturated rings. The van der Waals surface area contributed by atoms with Gasteiger partial charge in [-0.05, 0) is 44.2 Å². The van der Waals surface area contributed by atoms with Crippen LogP contribution in [0.2, 0.25) is 0 Å². The molecule has 0 aliphatic heterocycles. The zero-order valence-corrected chi connectivity index (χ0v) is 19.1. The van der Waals surface area contributed by atoms with Crippen LogP contribution >= 0.6 is 0 Å². The van der Waals surface area contributed by atoms with Crippen LogP contribution in [0.1, 0.15) is 31.8 Å². The largest absolute Gasteiger partial charge is 0.320 e. The van der Waals surface area contributed by atoms with Crippen molar-refractivity contribution in [2.75, 3.05) is 5.32 Å². The summed E-state index contributed by atoms with van der Waals surface area (Å²) < 4.78 is 1.71. The van der Waals surface area contributed by atoms with E-state index in [-0.39, 0.29) is 11.8 Å². The fraction of sp³-hybridized carbons (Fsp3) is 0.0667. The Labute approximate surface area is 198 Å². The molecule has 4 nitrogen and oxygen atoms in total. The predicted octanol–water partition coefficient (Wildman–Crippen LogP) is 6.87. The standard InChI is InChI=1S/C30H24N2O2/c1-20-12-16-23(17-13-20)29(33)31-27-25-10-6-7-11-26(25)32(28(27)22-8-4-3-5-9-22)30(34)24-18-14-21(2)15-19-24/h3-19H,1-2H3,(H,31,33). The van der Waals surface area contributed by atoms with Crippen LogP contribution in [0.4, 0.5) is 5.69 Å². The summed E-state index contributed by atoms with van der Waals surface area (Å²) in [7, 11) is 0. The molecule has 0 atom stereocenters. The number of hydrogen-bond donors (Lipinski definition) is 1. The summed E-state index contributed by atoms with van der Waals surface area (Å²) in [5.74, 6) is -0.367. The summed E-state index contributed by atoms with van der Waals surface area (Å²) in [4.78, 5) is 27.1. The number of nitrogens with zero attached hydrogens (tertiary/aromatic N) is 1. The van der Waals surface area contributed by atoms with E-state index in [0.717, 1.165) is 27.6 Å². The molecule has 1 N–H and O–H groups in total. The summed E-state index contributed by atoms with van der Waals surface area (Å²) in [6.07, 6.45) is 0. The number of anilines is 1. The third kappa shape index (κ3) is 3.90. The minimum atomic E-state index is -0.220. The van der Waals surface area contributed by atoms with E-state index in [9.17, 15) is 9.59 Å². The third-order valence-electron chi connectivity index (χ3n) is 5.98. The molecule has 4 aromatic carbocycles. The summed E-state index contributed by atoms with van der Waals surface area (Å²) in [6.45, 7) is 3.98. The molecule has 4 heteroatoms. The van der Waals surface area contributed by atoms with Gasteiger partial charge in [-0.1, -0.05) is 83.9 Å². The number of aryl methyl sites for hydroxylation is 2. The number of carbonyl (C=O) groups is 2. The average molecular weight is 445 g/mol. The molecule has 0 spiro atoms. The SMILES string of the molecule is Cc1ccc(C(=O)Nc2c(-c3ccccc3)n(C(=O)c3ccc(C)cc3)c3ccccc23)cc1. The topological polar surface area (TPSA) is 51.1 Å². The minimum Gasteiger partial charge on any atom is -0.320 e. The van der Waals surface area contributed by atoms with Crippen molar-refractivity contribution in [1.82, 2.24) is 4.57 Å². The van der Waals surface area contributed by atoms with Crippen molar-refractivity contribution in [3.63, 3.8) is 0 Å². The zero-order valence-electron chi connectivity index (χ0n) is 19.1. The quantitative estimate of drug-likeness (QED) is 0.329. The predicted molar refractivity (Wildman–Crippen MR) is 137 cm³/mol. The van der Waals surface area contributed by atoms with E-state index in [1.54, 1.807) is 4.57 Å². The lowest BCUT2D eigenvalue weighted by atomic mass is 10.1. The second-order valence-electron chi connectivity index (χ2n) is 8.43. The molecule has 1 heterocycles. The Bertz CT molecular complexity index is 1500. The molecule has 0 saturated heterocycles. The number of carbonyl (C=O) groups excluding carboxylic acids is 2. The van der Waals surface area contributed by atoms with Gasteiger partial charge in [0, 0.05) is 22.1 Å². The lowest BCUT2D eigenvalue weighted by molar-refractivity contribution is 0.0965. The van der Waals surface area contributed by atoms with Crippen molar-refractivity contribution in [1.29, 1.82) is 0 Å². The summed E-state index contributed by atoms with van der Waals surface area (Å²) >= 11 is 0. The normalized spacial score (nSPS) is 10.9. The number of benzene rings is 4. The molecule has 0 aliphatic carbocycles. The number of amides is 1. The Balaban J connectivity index is 1.73. The number of fused-ring (bicyclic) bond motifs is 1. The molecule has 1 amide bonds.